The van der Waals surface area contributed by atoms with Gasteiger partial charge in [-0.05, 0) is 31.2 Å². The first kappa shape index (κ1) is 17.3. The summed E-state index contributed by atoms with van der Waals surface area (Å²) >= 11 is 0. The lowest BCUT2D eigenvalue weighted by atomic mass is 10.2. The second kappa shape index (κ2) is 6.75. The molecule has 0 aliphatic rings. The van der Waals surface area contributed by atoms with Gasteiger partial charge in [0.15, 0.2) is 0 Å². The molecule has 0 fully saturated rings. The fourth-order valence-corrected chi connectivity index (χ4v) is 2.31. The summed E-state index contributed by atoms with van der Waals surface area (Å²) in [5, 5.41) is 6.19. The number of nitrogens with zero attached hydrogens (tertiary/aromatic N) is 3. The molecule has 0 aliphatic heterocycles. The van der Waals surface area contributed by atoms with E-state index in [9.17, 15) is 18.8 Å². The van der Waals surface area contributed by atoms with Crippen molar-refractivity contribution in [1.82, 2.24) is 14.3 Å². The van der Waals surface area contributed by atoms with E-state index in [4.69, 9.17) is 0 Å². The van der Waals surface area contributed by atoms with Crippen molar-refractivity contribution in [3.05, 3.63) is 86.4 Å². The van der Waals surface area contributed by atoms with Gasteiger partial charge in [-0.1, -0.05) is 29.8 Å². The number of carbonyl (C=O) groups excluding carboxylic acids is 1. The molecule has 1 aromatic heterocycles. The first-order valence-electron chi connectivity index (χ1n) is 7.72. The van der Waals surface area contributed by atoms with Crippen molar-refractivity contribution in [3.63, 3.8) is 0 Å². The maximum Gasteiger partial charge on any atom is 0.351 e. The number of aryl methyl sites for hydroxylation is 1. The number of benzene rings is 2. The summed E-state index contributed by atoms with van der Waals surface area (Å²) in [6.45, 7) is 1.88. The Kier molecular flexibility index (Phi) is 4.49. The topological polar surface area (TPSA) is 86.0 Å². The van der Waals surface area contributed by atoms with Gasteiger partial charge in [0.05, 0.1) is 11.4 Å². The van der Waals surface area contributed by atoms with Crippen molar-refractivity contribution < 1.29 is 9.18 Å². The SMILES string of the molecule is Cc1ccc(-n2nc(C(=O)Nc3ccccc3F)c(=O)n(C)c2=O)cc1. The van der Waals surface area contributed by atoms with Crippen molar-refractivity contribution in [1.29, 1.82) is 0 Å². The summed E-state index contributed by atoms with van der Waals surface area (Å²) in [7, 11) is 1.25. The van der Waals surface area contributed by atoms with Gasteiger partial charge >= 0.3 is 5.69 Å². The third-order valence-corrected chi connectivity index (χ3v) is 3.79. The predicted molar refractivity (Wildman–Crippen MR) is 94.2 cm³/mol. The van der Waals surface area contributed by atoms with Crippen molar-refractivity contribution in [3.8, 4) is 5.69 Å². The summed E-state index contributed by atoms with van der Waals surface area (Å²) in [5.74, 6) is -1.55. The number of halogens is 1. The lowest BCUT2D eigenvalue weighted by molar-refractivity contribution is 0.101. The van der Waals surface area contributed by atoms with Crippen LogP contribution >= 0.6 is 0 Å². The smallest absolute Gasteiger partial charge is 0.318 e. The molecule has 1 heterocycles. The lowest BCUT2D eigenvalue weighted by Gasteiger charge is -2.10. The molecule has 0 saturated carbocycles. The average Bonchev–Trinajstić information content (AvgIpc) is 2.63. The summed E-state index contributed by atoms with van der Waals surface area (Å²) in [6, 6.07) is 12.4. The standard InChI is InChI=1S/C18H15FN4O3/c1-11-7-9-12(10-8-11)23-18(26)22(2)17(25)15(21-23)16(24)20-14-6-4-3-5-13(14)19/h3-10H,1-2H3,(H,20,24). The first-order valence-corrected chi connectivity index (χ1v) is 7.72. The van der Waals surface area contributed by atoms with Crippen LogP contribution in [0.15, 0.2) is 58.1 Å². The second-order valence-electron chi connectivity index (χ2n) is 5.68. The molecule has 132 valence electrons. The maximum absolute atomic E-state index is 13.7. The molecule has 0 aliphatic carbocycles. The number of hydrogen-bond donors (Lipinski definition) is 1. The molecule has 0 atom stereocenters. The monoisotopic (exact) mass is 354 g/mol. The Morgan fingerprint density at radius 3 is 2.38 bits per heavy atom. The molecule has 1 N–H and O–H groups in total. The first-order chi connectivity index (χ1) is 12.4. The van der Waals surface area contributed by atoms with Crippen LogP contribution in [0.1, 0.15) is 16.1 Å². The van der Waals surface area contributed by atoms with Gasteiger partial charge in [0, 0.05) is 7.05 Å². The highest BCUT2D eigenvalue weighted by Gasteiger charge is 2.19. The van der Waals surface area contributed by atoms with Crippen LogP contribution < -0.4 is 16.6 Å². The Bertz CT molecular complexity index is 1100. The van der Waals surface area contributed by atoms with Crippen LogP contribution in [0.25, 0.3) is 5.69 Å². The largest absolute Gasteiger partial charge is 0.351 e. The zero-order chi connectivity index (χ0) is 18.8. The van der Waals surface area contributed by atoms with E-state index in [-0.39, 0.29) is 5.69 Å². The van der Waals surface area contributed by atoms with Crippen LogP contribution in [0.4, 0.5) is 10.1 Å². The van der Waals surface area contributed by atoms with Crippen molar-refractivity contribution in [2.45, 2.75) is 6.92 Å². The Morgan fingerprint density at radius 1 is 1.08 bits per heavy atom. The number of amides is 1. The van der Waals surface area contributed by atoms with Crippen LogP contribution in [-0.4, -0.2) is 20.3 Å². The molecule has 26 heavy (non-hydrogen) atoms. The molecule has 3 aromatic rings. The minimum Gasteiger partial charge on any atom is -0.318 e. The van der Waals surface area contributed by atoms with Gasteiger partial charge in [-0.15, -0.1) is 0 Å². The molecule has 0 unspecified atom stereocenters. The molecule has 0 spiro atoms. The minimum atomic E-state index is -0.906. The number of anilines is 1. The van der Waals surface area contributed by atoms with Gasteiger partial charge in [-0.2, -0.15) is 9.78 Å². The highest BCUT2D eigenvalue weighted by Crippen LogP contribution is 2.13. The lowest BCUT2D eigenvalue weighted by Crippen LogP contribution is -2.43. The predicted octanol–water partition coefficient (Wildman–Crippen LogP) is 1.63. The molecule has 0 saturated heterocycles. The number of nitrogens with one attached hydrogen (secondary N) is 1. The highest BCUT2D eigenvalue weighted by molar-refractivity contribution is 6.02. The fraction of sp³-hybridized carbons (Fsp3) is 0.111. The number of carbonyl (C=O) groups is 1. The van der Waals surface area contributed by atoms with Crippen molar-refractivity contribution in [2.75, 3.05) is 5.32 Å². The molecule has 3 rings (SSSR count). The number of rotatable bonds is 3. The minimum absolute atomic E-state index is 0.0885. The van der Waals surface area contributed by atoms with E-state index in [1.807, 2.05) is 6.92 Å². The van der Waals surface area contributed by atoms with Gasteiger partial charge < -0.3 is 5.32 Å². The molecule has 2 aromatic carbocycles. The van der Waals surface area contributed by atoms with Crippen LogP contribution in [0.5, 0.6) is 0 Å². The fourth-order valence-electron chi connectivity index (χ4n) is 2.31. The Labute approximate surface area is 147 Å². The van der Waals surface area contributed by atoms with Gasteiger partial charge in [-0.3, -0.25) is 14.2 Å². The van der Waals surface area contributed by atoms with Crippen molar-refractivity contribution in [2.24, 2.45) is 7.05 Å². The van der Waals surface area contributed by atoms with Gasteiger partial charge in [-0.25, -0.2) is 9.18 Å². The maximum atomic E-state index is 13.7. The molecular formula is C18H15FN4O3. The summed E-state index contributed by atoms with van der Waals surface area (Å²) in [6.07, 6.45) is 0. The van der Waals surface area contributed by atoms with Gasteiger partial charge in [0.1, 0.15) is 5.82 Å². The van der Waals surface area contributed by atoms with E-state index in [2.05, 4.69) is 10.4 Å². The summed E-state index contributed by atoms with van der Waals surface area (Å²) in [5.41, 5.74) is -0.792. The van der Waals surface area contributed by atoms with Crippen LogP contribution in [0, 0.1) is 12.7 Å². The molecule has 8 heteroatoms. The van der Waals surface area contributed by atoms with Crippen LogP contribution in [-0.2, 0) is 7.05 Å². The Morgan fingerprint density at radius 2 is 1.73 bits per heavy atom. The van der Waals surface area contributed by atoms with Gasteiger partial charge in [0.25, 0.3) is 11.5 Å². The van der Waals surface area contributed by atoms with E-state index in [1.54, 1.807) is 24.3 Å². The zero-order valence-corrected chi connectivity index (χ0v) is 14.1. The van der Waals surface area contributed by atoms with Crippen LogP contribution in [0.3, 0.4) is 0 Å². The van der Waals surface area contributed by atoms with Crippen LogP contribution in [0.2, 0.25) is 0 Å². The van der Waals surface area contributed by atoms with Gasteiger partial charge in [0.2, 0.25) is 5.69 Å². The number of hydrogen-bond acceptors (Lipinski definition) is 4. The second-order valence-corrected chi connectivity index (χ2v) is 5.68. The zero-order valence-electron chi connectivity index (χ0n) is 14.1. The normalized spacial score (nSPS) is 10.6. The highest BCUT2D eigenvalue weighted by atomic mass is 19.1. The summed E-state index contributed by atoms with van der Waals surface area (Å²) in [4.78, 5) is 37.0. The Hall–Kier alpha value is -3.55. The number of para-hydroxylation sites is 1. The van der Waals surface area contributed by atoms with E-state index in [1.165, 1.54) is 31.3 Å². The van der Waals surface area contributed by atoms with E-state index in [0.29, 0.717) is 5.69 Å². The molecule has 0 bridgehead atoms. The molecule has 1 amide bonds. The Balaban J connectivity index is 2.09. The van der Waals surface area contributed by atoms with Crippen molar-refractivity contribution >= 4 is 11.6 Å². The van der Waals surface area contributed by atoms with E-state index >= 15 is 0 Å². The molecule has 7 nitrogen and oxygen atoms in total. The quantitative estimate of drug-likeness (QED) is 0.775. The average molecular weight is 354 g/mol. The summed E-state index contributed by atoms with van der Waals surface area (Å²) < 4.78 is 15.5. The number of aromatic nitrogens is 3. The third-order valence-electron chi connectivity index (χ3n) is 3.79. The third kappa shape index (κ3) is 3.16. The molecule has 0 radical (unpaired) electrons. The van der Waals surface area contributed by atoms with E-state index < -0.39 is 28.7 Å². The van der Waals surface area contributed by atoms with E-state index in [0.717, 1.165) is 14.8 Å². The molecular weight excluding hydrogens is 339 g/mol.